The van der Waals surface area contributed by atoms with Crippen LogP contribution in [0, 0.1) is 13.8 Å². The minimum atomic E-state index is -4.66. The van der Waals surface area contributed by atoms with Crippen molar-refractivity contribution >= 4 is 11.8 Å². The summed E-state index contributed by atoms with van der Waals surface area (Å²) >= 11 is 1.39. The van der Waals surface area contributed by atoms with E-state index in [2.05, 4.69) is 9.72 Å². The molecule has 20 heavy (non-hydrogen) atoms. The van der Waals surface area contributed by atoms with Crippen LogP contribution in [0.3, 0.4) is 0 Å². The average Bonchev–Trinajstić information content (AvgIpc) is 2.66. The lowest BCUT2D eigenvalue weighted by Gasteiger charge is -2.08. The Morgan fingerprint density at radius 1 is 1.20 bits per heavy atom. The summed E-state index contributed by atoms with van der Waals surface area (Å²) in [6.07, 6.45) is -4.66. The second-order valence-corrected chi connectivity index (χ2v) is 5.03. The fourth-order valence-corrected chi connectivity index (χ4v) is 2.31. The minimum absolute atomic E-state index is 0.228. The van der Waals surface area contributed by atoms with Crippen LogP contribution in [0.15, 0.2) is 33.9 Å². The zero-order valence-corrected chi connectivity index (χ0v) is 11.6. The van der Waals surface area contributed by atoms with E-state index in [9.17, 15) is 13.2 Å². The summed E-state index contributed by atoms with van der Waals surface area (Å²) in [5.41, 5.74) is 1.69. The highest BCUT2D eigenvalue weighted by molar-refractivity contribution is 7.98. The Morgan fingerprint density at radius 2 is 1.85 bits per heavy atom. The molecule has 2 rings (SSSR count). The molecule has 0 atom stereocenters. The zero-order chi connectivity index (χ0) is 14.8. The molecule has 0 fully saturated rings. The number of aryl methyl sites for hydroxylation is 2. The van der Waals surface area contributed by atoms with Crippen molar-refractivity contribution in [3.05, 3.63) is 41.3 Å². The molecule has 1 aromatic carbocycles. The Kier molecular flexibility index (Phi) is 4.27. The topological polar surface area (TPSA) is 35.3 Å². The number of benzene rings is 1. The van der Waals surface area contributed by atoms with Gasteiger partial charge in [-0.25, -0.2) is 4.98 Å². The highest BCUT2D eigenvalue weighted by Gasteiger charge is 2.30. The first-order chi connectivity index (χ1) is 9.33. The van der Waals surface area contributed by atoms with Gasteiger partial charge < -0.3 is 9.15 Å². The molecule has 7 heteroatoms. The van der Waals surface area contributed by atoms with Gasteiger partial charge in [-0.1, -0.05) is 23.9 Å². The summed E-state index contributed by atoms with van der Waals surface area (Å²) in [5.74, 6) is 1.10. The van der Waals surface area contributed by atoms with Gasteiger partial charge in [0.05, 0.1) is 5.69 Å². The lowest BCUT2D eigenvalue weighted by Crippen LogP contribution is -2.16. The van der Waals surface area contributed by atoms with Crippen molar-refractivity contribution in [3.63, 3.8) is 0 Å². The molecule has 0 aliphatic rings. The fourth-order valence-electron chi connectivity index (χ4n) is 1.44. The van der Waals surface area contributed by atoms with Gasteiger partial charge in [0.1, 0.15) is 11.5 Å². The van der Waals surface area contributed by atoms with Crippen LogP contribution < -0.4 is 4.74 Å². The number of thioether (sulfide) groups is 1. The Labute approximate surface area is 118 Å². The molecule has 2 aromatic rings. The SMILES string of the molecule is Cc1nc(SCc2ccc(OC(F)(F)F)cc2)oc1C. The molecule has 0 saturated heterocycles. The molecule has 0 saturated carbocycles. The zero-order valence-electron chi connectivity index (χ0n) is 10.8. The second-order valence-electron chi connectivity index (χ2n) is 4.10. The van der Waals surface area contributed by atoms with E-state index in [1.807, 2.05) is 13.8 Å². The van der Waals surface area contributed by atoms with Crippen LogP contribution in [0.5, 0.6) is 5.75 Å². The molecule has 0 radical (unpaired) electrons. The van der Waals surface area contributed by atoms with Crippen LogP contribution in [-0.4, -0.2) is 11.3 Å². The van der Waals surface area contributed by atoms with Gasteiger partial charge in [0, 0.05) is 5.75 Å². The number of hydrogen-bond acceptors (Lipinski definition) is 4. The smallest absolute Gasteiger partial charge is 0.437 e. The summed E-state index contributed by atoms with van der Waals surface area (Å²) < 4.78 is 45.2. The van der Waals surface area contributed by atoms with Crippen LogP contribution in [0.2, 0.25) is 0 Å². The average molecular weight is 303 g/mol. The number of aromatic nitrogens is 1. The molecular weight excluding hydrogens is 291 g/mol. The van der Waals surface area contributed by atoms with Gasteiger partial charge in [0.25, 0.3) is 5.22 Å². The number of alkyl halides is 3. The van der Waals surface area contributed by atoms with Crippen LogP contribution >= 0.6 is 11.8 Å². The first-order valence-corrected chi connectivity index (χ1v) is 6.73. The number of nitrogens with zero attached hydrogens (tertiary/aromatic N) is 1. The Morgan fingerprint density at radius 3 is 2.35 bits per heavy atom. The molecule has 0 unspecified atom stereocenters. The Bertz CT molecular complexity index is 559. The molecule has 3 nitrogen and oxygen atoms in total. The molecular formula is C13H12F3NO2S. The summed E-state index contributed by atoms with van der Waals surface area (Å²) in [6, 6.07) is 5.73. The van der Waals surface area contributed by atoms with Crippen molar-refractivity contribution < 1.29 is 22.3 Å². The largest absolute Gasteiger partial charge is 0.573 e. The molecule has 0 amide bonds. The van der Waals surface area contributed by atoms with E-state index in [-0.39, 0.29) is 5.75 Å². The van der Waals surface area contributed by atoms with Crippen molar-refractivity contribution in [2.45, 2.75) is 31.2 Å². The van der Waals surface area contributed by atoms with Crippen molar-refractivity contribution in [3.8, 4) is 5.75 Å². The molecule has 0 N–H and O–H groups in total. The van der Waals surface area contributed by atoms with Crippen molar-refractivity contribution in [2.24, 2.45) is 0 Å². The molecule has 1 aromatic heterocycles. The second kappa shape index (κ2) is 5.78. The van der Waals surface area contributed by atoms with Crippen LogP contribution in [0.25, 0.3) is 0 Å². The maximum absolute atomic E-state index is 12.0. The third kappa shape index (κ3) is 4.19. The molecule has 0 bridgehead atoms. The van der Waals surface area contributed by atoms with Gasteiger partial charge >= 0.3 is 6.36 Å². The Balaban J connectivity index is 1.94. The summed E-state index contributed by atoms with van der Waals surface area (Å²) in [6.45, 7) is 3.68. The van der Waals surface area contributed by atoms with E-state index in [0.29, 0.717) is 11.0 Å². The summed E-state index contributed by atoms with van der Waals surface area (Å²) in [7, 11) is 0. The highest BCUT2D eigenvalue weighted by Crippen LogP contribution is 2.26. The van der Waals surface area contributed by atoms with Gasteiger partial charge in [-0.15, -0.1) is 13.2 Å². The molecule has 108 valence electrons. The monoisotopic (exact) mass is 303 g/mol. The normalized spacial score (nSPS) is 11.7. The van der Waals surface area contributed by atoms with E-state index in [0.717, 1.165) is 17.0 Å². The van der Waals surface area contributed by atoms with Gasteiger partial charge in [-0.2, -0.15) is 0 Å². The van der Waals surface area contributed by atoms with Gasteiger partial charge in [0.2, 0.25) is 0 Å². The van der Waals surface area contributed by atoms with Crippen LogP contribution in [-0.2, 0) is 5.75 Å². The number of halogens is 3. The molecule has 0 aliphatic heterocycles. The maximum Gasteiger partial charge on any atom is 0.573 e. The number of ether oxygens (including phenoxy) is 1. The van der Waals surface area contributed by atoms with Crippen molar-refractivity contribution in [2.75, 3.05) is 0 Å². The number of hydrogen-bond donors (Lipinski definition) is 0. The van der Waals surface area contributed by atoms with E-state index in [1.165, 1.54) is 23.9 Å². The summed E-state index contributed by atoms with van der Waals surface area (Å²) in [5, 5.41) is 0.551. The van der Waals surface area contributed by atoms with Gasteiger partial charge in [0.15, 0.2) is 0 Å². The highest BCUT2D eigenvalue weighted by atomic mass is 32.2. The third-order valence-corrected chi connectivity index (χ3v) is 3.43. The number of oxazole rings is 1. The van der Waals surface area contributed by atoms with Gasteiger partial charge in [-0.3, -0.25) is 0 Å². The Hall–Kier alpha value is -1.63. The van der Waals surface area contributed by atoms with Crippen LogP contribution in [0.1, 0.15) is 17.0 Å². The first kappa shape index (κ1) is 14.8. The fraction of sp³-hybridized carbons (Fsp3) is 0.308. The minimum Gasteiger partial charge on any atom is -0.437 e. The molecule has 0 aliphatic carbocycles. The summed E-state index contributed by atoms with van der Waals surface area (Å²) in [4.78, 5) is 4.21. The lowest BCUT2D eigenvalue weighted by atomic mass is 10.2. The maximum atomic E-state index is 12.0. The molecule has 0 spiro atoms. The predicted molar refractivity (Wildman–Crippen MR) is 68.7 cm³/mol. The van der Waals surface area contributed by atoms with E-state index >= 15 is 0 Å². The van der Waals surface area contributed by atoms with Gasteiger partial charge in [-0.05, 0) is 31.5 Å². The lowest BCUT2D eigenvalue weighted by molar-refractivity contribution is -0.274. The first-order valence-electron chi connectivity index (χ1n) is 5.75. The van der Waals surface area contributed by atoms with Crippen molar-refractivity contribution in [1.29, 1.82) is 0 Å². The van der Waals surface area contributed by atoms with E-state index in [4.69, 9.17) is 4.42 Å². The standard InChI is InChI=1S/C13H12F3NO2S/c1-8-9(2)18-12(17-8)20-7-10-3-5-11(6-4-10)19-13(14,15)16/h3-6H,7H2,1-2H3. The quantitative estimate of drug-likeness (QED) is 0.780. The molecule has 1 heterocycles. The predicted octanol–water partition coefficient (Wildman–Crippen LogP) is 4.48. The number of rotatable bonds is 4. The van der Waals surface area contributed by atoms with Crippen LogP contribution in [0.4, 0.5) is 13.2 Å². The van der Waals surface area contributed by atoms with E-state index < -0.39 is 6.36 Å². The van der Waals surface area contributed by atoms with Crippen molar-refractivity contribution in [1.82, 2.24) is 4.98 Å². The van der Waals surface area contributed by atoms with E-state index in [1.54, 1.807) is 12.1 Å². The third-order valence-electron chi connectivity index (χ3n) is 2.53.